The van der Waals surface area contributed by atoms with Gasteiger partial charge in [0.15, 0.2) is 10.8 Å². The first-order chi connectivity index (χ1) is 10.2. The van der Waals surface area contributed by atoms with E-state index in [1.165, 1.54) is 11.3 Å². The molecule has 3 heterocycles. The molecule has 0 spiro atoms. The molecule has 21 heavy (non-hydrogen) atoms. The van der Waals surface area contributed by atoms with E-state index in [4.69, 9.17) is 11.6 Å². The molecule has 3 aromatic heterocycles. The minimum absolute atomic E-state index is 0.622. The second-order valence-electron chi connectivity index (χ2n) is 4.54. The van der Waals surface area contributed by atoms with Gasteiger partial charge in [0.25, 0.3) is 0 Å². The number of aromatic amines is 1. The molecule has 4 aromatic rings. The molecule has 0 radical (unpaired) electrons. The van der Waals surface area contributed by atoms with E-state index in [9.17, 15) is 0 Å². The molecule has 0 bridgehead atoms. The average molecular weight is 317 g/mol. The van der Waals surface area contributed by atoms with E-state index in [0.29, 0.717) is 15.8 Å². The lowest BCUT2D eigenvalue weighted by atomic mass is 10.2. The minimum Gasteiger partial charge on any atom is -0.282 e. The molecule has 0 saturated carbocycles. The Balaban J connectivity index is 1.89. The van der Waals surface area contributed by atoms with Gasteiger partial charge in [-0.3, -0.25) is 5.10 Å². The van der Waals surface area contributed by atoms with Crippen molar-refractivity contribution < 1.29 is 0 Å². The van der Waals surface area contributed by atoms with Crippen LogP contribution in [0, 0.1) is 6.92 Å². The zero-order chi connectivity index (χ0) is 14.4. The Morgan fingerprint density at radius 2 is 2.10 bits per heavy atom. The number of nitrogens with one attached hydrogen (secondary N) is 1. The van der Waals surface area contributed by atoms with Gasteiger partial charge in [0.1, 0.15) is 5.69 Å². The van der Waals surface area contributed by atoms with Crippen molar-refractivity contribution in [1.82, 2.24) is 30.0 Å². The van der Waals surface area contributed by atoms with Crippen LogP contribution in [0.2, 0.25) is 5.02 Å². The fraction of sp³-hybridized carbons (Fsp3) is 0.0769. The number of aromatic nitrogens is 6. The maximum atomic E-state index is 6.22. The highest BCUT2D eigenvalue weighted by Gasteiger charge is 2.17. The minimum atomic E-state index is 0.622. The predicted molar refractivity (Wildman–Crippen MR) is 81.4 cm³/mol. The number of benzene rings is 1. The fourth-order valence-corrected chi connectivity index (χ4v) is 3.08. The number of fused-ring (bicyclic) bond motifs is 1. The third kappa shape index (κ3) is 2.01. The largest absolute Gasteiger partial charge is 0.282 e. The molecule has 4 rings (SSSR count). The van der Waals surface area contributed by atoms with Crippen LogP contribution in [0.3, 0.4) is 0 Å². The maximum Gasteiger partial charge on any atom is 0.235 e. The predicted octanol–water partition coefficient (Wildman–Crippen LogP) is 3.20. The lowest BCUT2D eigenvalue weighted by Crippen LogP contribution is -1.91. The summed E-state index contributed by atoms with van der Waals surface area (Å²) in [5, 5.41) is 21.4. The SMILES string of the molecule is Cc1cc(-c2nn3c(-c4ccccc4Cl)nnc3s2)n[nH]1. The van der Waals surface area contributed by atoms with Gasteiger partial charge >= 0.3 is 0 Å². The molecule has 1 aromatic carbocycles. The Hall–Kier alpha value is -2.25. The van der Waals surface area contributed by atoms with Crippen LogP contribution in [-0.4, -0.2) is 30.0 Å². The molecule has 0 aliphatic carbocycles. The summed E-state index contributed by atoms with van der Waals surface area (Å²) in [6, 6.07) is 9.45. The van der Waals surface area contributed by atoms with Gasteiger partial charge in [-0.05, 0) is 25.1 Å². The normalized spacial score (nSPS) is 11.3. The first kappa shape index (κ1) is 12.5. The van der Waals surface area contributed by atoms with Crippen molar-refractivity contribution in [3.05, 3.63) is 41.0 Å². The second-order valence-corrected chi connectivity index (χ2v) is 5.90. The van der Waals surface area contributed by atoms with Gasteiger partial charge in [0, 0.05) is 11.3 Å². The molecular formula is C13H9ClN6S. The van der Waals surface area contributed by atoms with Crippen LogP contribution in [0.1, 0.15) is 5.69 Å². The number of aryl methyl sites for hydroxylation is 1. The number of nitrogens with zero attached hydrogens (tertiary/aromatic N) is 5. The third-order valence-corrected chi connectivity index (χ3v) is 4.28. The van der Waals surface area contributed by atoms with E-state index in [1.807, 2.05) is 37.3 Å². The zero-order valence-corrected chi connectivity index (χ0v) is 12.5. The summed E-state index contributed by atoms with van der Waals surface area (Å²) in [7, 11) is 0. The van der Waals surface area contributed by atoms with Crippen molar-refractivity contribution in [2.24, 2.45) is 0 Å². The highest BCUT2D eigenvalue weighted by molar-refractivity contribution is 7.19. The van der Waals surface area contributed by atoms with Gasteiger partial charge in [-0.1, -0.05) is 35.1 Å². The first-order valence-electron chi connectivity index (χ1n) is 6.22. The Kier molecular flexibility index (Phi) is 2.76. The molecule has 0 fully saturated rings. The Labute approximate surface area is 128 Å². The van der Waals surface area contributed by atoms with Crippen molar-refractivity contribution in [2.75, 3.05) is 0 Å². The number of hydrogen-bond donors (Lipinski definition) is 1. The number of rotatable bonds is 2. The van der Waals surface area contributed by atoms with Gasteiger partial charge in [-0.15, -0.1) is 10.2 Å². The smallest absolute Gasteiger partial charge is 0.235 e. The topological polar surface area (TPSA) is 71.8 Å². The van der Waals surface area contributed by atoms with Gasteiger partial charge in [0.05, 0.1) is 5.02 Å². The lowest BCUT2D eigenvalue weighted by molar-refractivity contribution is 0.962. The Bertz CT molecular complexity index is 937. The van der Waals surface area contributed by atoms with Crippen LogP contribution in [0.4, 0.5) is 0 Å². The van der Waals surface area contributed by atoms with Crippen LogP contribution < -0.4 is 0 Å². The summed E-state index contributed by atoms with van der Waals surface area (Å²) in [6.07, 6.45) is 0. The van der Waals surface area contributed by atoms with Gasteiger partial charge in [-0.2, -0.15) is 14.7 Å². The molecule has 0 saturated heterocycles. The molecule has 0 unspecified atom stereocenters. The van der Waals surface area contributed by atoms with Gasteiger partial charge < -0.3 is 0 Å². The summed E-state index contributed by atoms with van der Waals surface area (Å²) < 4.78 is 1.70. The van der Waals surface area contributed by atoms with E-state index in [2.05, 4.69) is 25.5 Å². The van der Waals surface area contributed by atoms with Gasteiger partial charge in [-0.25, -0.2) is 0 Å². The second kappa shape index (κ2) is 4.64. The fourth-order valence-electron chi connectivity index (χ4n) is 2.06. The summed E-state index contributed by atoms with van der Waals surface area (Å²) in [5.74, 6) is 0.630. The summed E-state index contributed by atoms with van der Waals surface area (Å²) in [6.45, 7) is 1.95. The van der Waals surface area contributed by atoms with E-state index >= 15 is 0 Å². The summed E-state index contributed by atoms with van der Waals surface area (Å²) in [5.41, 5.74) is 2.59. The van der Waals surface area contributed by atoms with Crippen molar-refractivity contribution >= 4 is 27.9 Å². The average Bonchev–Trinajstić information content (AvgIpc) is 3.14. The van der Waals surface area contributed by atoms with Crippen molar-refractivity contribution in [1.29, 1.82) is 0 Å². The molecule has 8 heteroatoms. The summed E-state index contributed by atoms with van der Waals surface area (Å²) >= 11 is 7.66. The zero-order valence-electron chi connectivity index (χ0n) is 10.9. The number of H-pyrrole nitrogens is 1. The van der Waals surface area contributed by atoms with Gasteiger partial charge in [0.2, 0.25) is 4.96 Å². The molecule has 0 atom stereocenters. The lowest BCUT2D eigenvalue weighted by Gasteiger charge is -1.99. The summed E-state index contributed by atoms with van der Waals surface area (Å²) in [4.78, 5) is 0.709. The van der Waals surface area contributed by atoms with Crippen molar-refractivity contribution in [3.63, 3.8) is 0 Å². The highest BCUT2D eigenvalue weighted by atomic mass is 35.5. The number of halogens is 1. The molecule has 0 amide bonds. The van der Waals surface area contributed by atoms with Crippen molar-refractivity contribution in [3.8, 4) is 22.1 Å². The molecule has 104 valence electrons. The van der Waals surface area contributed by atoms with E-state index in [-0.39, 0.29) is 0 Å². The van der Waals surface area contributed by atoms with E-state index in [0.717, 1.165) is 22.0 Å². The highest BCUT2D eigenvalue weighted by Crippen LogP contribution is 2.30. The standard InChI is InChI=1S/C13H9ClN6S/c1-7-6-10(16-15-7)12-19-20-11(17-18-13(20)21-12)8-4-2-3-5-9(8)14/h2-6H,1H3,(H,15,16). The Morgan fingerprint density at radius 3 is 2.86 bits per heavy atom. The van der Waals surface area contributed by atoms with Crippen LogP contribution in [0.15, 0.2) is 30.3 Å². The Morgan fingerprint density at radius 1 is 1.24 bits per heavy atom. The monoisotopic (exact) mass is 316 g/mol. The van der Waals surface area contributed by atoms with E-state index < -0.39 is 0 Å². The molecule has 1 N–H and O–H groups in total. The van der Waals surface area contributed by atoms with Crippen LogP contribution in [-0.2, 0) is 0 Å². The first-order valence-corrected chi connectivity index (χ1v) is 7.41. The van der Waals surface area contributed by atoms with Crippen LogP contribution in [0.5, 0.6) is 0 Å². The van der Waals surface area contributed by atoms with Crippen molar-refractivity contribution in [2.45, 2.75) is 6.92 Å². The third-order valence-electron chi connectivity index (χ3n) is 3.03. The molecule has 6 nitrogen and oxygen atoms in total. The number of hydrogen-bond acceptors (Lipinski definition) is 5. The van der Waals surface area contributed by atoms with Crippen LogP contribution in [0.25, 0.3) is 27.1 Å². The molecule has 0 aliphatic heterocycles. The van der Waals surface area contributed by atoms with Crippen LogP contribution >= 0.6 is 22.9 Å². The molecule has 0 aliphatic rings. The quantitative estimate of drug-likeness (QED) is 0.616. The molecular weight excluding hydrogens is 308 g/mol. The maximum absolute atomic E-state index is 6.22. The van der Waals surface area contributed by atoms with E-state index in [1.54, 1.807) is 4.52 Å².